The van der Waals surface area contributed by atoms with Crippen molar-refractivity contribution in [3.05, 3.63) is 92.5 Å². The zero-order valence-corrected chi connectivity index (χ0v) is 22.2. The maximum Gasteiger partial charge on any atom is 0.416 e. The van der Waals surface area contributed by atoms with Crippen LogP contribution in [0, 0.1) is 5.41 Å². The molecule has 3 rings (SSSR count). The van der Waals surface area contributed by atoms with Gasteiger partial charge in [0.2, 0.25) is 5.91 Å². The van der Waals surface area contributed by atoms with E-state index in [2.05, 4.69) is 5.32 Å². The van der Waals surface area contributed by atoms with Crippen LogP contribution in [0.3, 0.4) is 0 Å². The van der Waals surface area contributed by atoms with Crippen molar-refractivity contribution in [1.29, 1.82) is 5.41 Å². The first kappa shape index (κ1) is 31.7. The third-order valence-electron chi connectivity index (χ3n) is 5.80. The highest BCUT2D eigenvalue weighted by atomic mass is 35.5. The summed E-state index contributed by atoms with van der Waals surface area (Å²) in [5, 5.41) is 13.3. The fourth-order valence-corrected chi connectivity index (χ4v) is 4.07. The topological polar surface area (TPSA) is 134 Å². The number of hydrogen-bond donors (Lipinski definition) is 5. The third kappa shape index (κ3) is 7.90. The van der Waals surface area contributed by atoms with Crippen LogP contribution in [0.15, 0.2) is 54.6 Å². The first-order valence-electron chi connectivity index (χ1n) is 11.6. The Hall–Kier alpha value is -3.81. The van der Waals surface area contributed by atoms with Gasteiger partial charge in [0, 0.05) is 22.5 Å². The number of nitrogens with one attached hydrogen (secondary N) is 3. The van der Waals surface area contributed by atoms with Gasteiger partial charge in [-0.1, -0.05) is 29.3 Å². The number of amides is 2. The number of nitrogen functional groups attached to an aromatic ring is 1. The number of amidine groups is 1. The maximum atomic E-state index is 13.2. The second kappa shape index (κ2) is 12.4. The van der Waals surface area contributed by atoms with Gasteiger partial charge in [0.1, 0.15) is 5.84 Å². The summed E-state index contributed by atoms with van der Waals surface area (Å²) in [5.41, 5.74) is 7.59. The molecule has 0 aliphatic rings. The van der Waals surface area contributed by atoms with E-state index in [1.165, 1.54) is 30.3 Å². The summed E-state index contributed by atoms with van der Waals surface area (Å²) in [7, 11) is 0. The molecular weight excluding hydrogens is 599 g/mol. The summed E-state index contributed by atoms with van der Waals surface area (Å²) >= 11 is 12.0. The van der Waals surface area contributed by atoms with E-state index in [-0.39, 0.29) is 58.1 Å². The van der Waals surface area contributed by atoms with Crippen LogP contribution in [0.5, 0.6) is 0 Å². The predicted molar refractivity (Wildman–Crippen MR) is 143 cm³/mol. The lowest BCUT2D eigenvalue weighted by Crippen LogP contribution is -2.32. The molecule has 7 nitrogen and oxygen atoms in total. The van der Waals surface area contributed by atoms with E-state index in [0.29, 0.717) is 5.56 Å². The summed E-state index contributed by atoms with van der Waals surface area (Å²) in [6.45, 7) is 0.146. The van der Waals surface area contributed by atoms with Gasteiger partial charge in [-0.15, -0.1) is 0 Å². The van der Waals surface area contributed by atoms with Crippen LogP contribution in [0.1, 0.15) is 45.0 Å². The van der Waals surface area contributed by atoms with Gasteiger partial charge >= 0.3 is 12.4 Å². The molecule has 0 fully saturated rings. The molecule has 0 bridgehead atoms. The van der Waals surface area contributed by atoms with E-state index >= 15 is 0 Å². The predicted octanol–water partition coefficient (Wildman–Crippen LogP) is 6.44. The standard InChI is InChI=1S/C26H21Cl2F6N5O2/c27-19-3-1-12(9-20(19)28)17(5-6-35)24(41)38-16-2-4-21(36)18(11-16)22(37)39-23(40)13-7-14(25(29,30)31)10-15(8-13)26(32,33)34/h1-4,7-11,17H,5-6,35-36H2,(H,38,41)(H2,37,39,40). The largest absolute Gasteiger partial charge is 0.416 e. The molecule has 3 aromatic carbocycles. The first-order valence-corrected chi connectivity index (χ1v) is 12.3. The molecule has 0 saturated carbocycles. The normalized spacial score (nSPS) is 12.5. The van der Waals surface area contributed by atoms with Gasteiger partial charge in [0.15, 0.2) is 0 Å². The maximum absolute atomic E-state index is 13.2. The highest BCUT2D eigenvalue weighted by Crippen LogP contribution is 2.36. The molecule has 0 saturated heterocycles. The van der Waals surface area contributed by atoms with Crippen LogP contribution < -0.4 is 22.1 Å². The van der Waals surface area contributed by atoms with Crippen molar-refractivity contribution in [2.45, 2.75) is 24.7 Å². The van der Waals surface area contributed by atoms with Crippen molar-refractivity contribution in [2.75, 3.05) is 17.6 Å². The van der Waals surface area contributed by atoms with Gasteiger partial charge in [-0.05, 0) is 67.1 Å². The zero-order valence-electron chi connectivity index (χ0n) is 20.7. The minimum atomic E-state index is -5.17. The molecule has 41 heavy (non-hydrogen) atoms. The van der Waals surface area contributed by atoms with Crippen molar-refractivity contribution in [2.24, 2.45) is 5.73 Å². The van der Waals surface area contributed by atoms with Gasteiger partial charge < -0.3 is 22.1 Å². The Labute approximate surface area is 239 Å². The molecule has 7 N–H and O–H groups in total. The summed E-state index contributed by atoms with van der Waals surface area (Å²) in [4.78, 5) is 25.7. The molecule has 218 valence electrons. The average molecular weight is 620 g/mol. The van der Waals surface area contributed by atoms with E-state index in [9.17, 15) is 35.9 Å². The average Bonchev–Trinajstić information content (AvgIpc) is 2.88. The van der Waals surface area contributed by atoms with Crippen LogP contribution in [0.4, 0.5) is 37.7 Å². The molecule has 1 unspecified atom stereocenters. The molecule has 0 aliphatic heterocycles. The van der Waals surface area contributed by atoms with Crippen LogP contribution in [0.25, 0.3) is 0 Å². The van der Waals surface area contributed by atoms with E-state index < -0.39 is 52.6 Å². The van der Waals surface area contributed by atoms with Crippen LogP contribution in [-0.4, -0.2) is 24.2 Å². The van der Waals surface area contributed by atoms with Crippen LogP contribution in [-0.2, 0) is 17.1 Å². The molecule has 3 aromatic rings. The SMILES string of the molecule is N=C(NC(=O)c1cc(C(F)(F)F)cc(C(F)(F)F)c1)c1cc(NC(=O)C(CCN)c2ccc(Cl)c(Cl)c2)ccc1N. The quantitative estimate of drug-likeness (QED) is 0.0900. The number of carbonyl (C=O) groups is 2. The molecule has 0 aliphatic carbocycles. The number of benzene rings is 3. The van der Waals surface area contributed by atoms with Gasteiger partial charge in [0.25, 0.3) is 5.91 Å². The highest BCUT2D eigenvalue weighted by molar-refractivity contribution is 6.42. The monoisotopic (exact) mass is 619 g/mol. The molecule has 0 aromatic heterocycles. The summed E-state index contributed by atoms with van der Waals surface area (Å²) in [5.74, 6) is -3.41. The molecule has 15 heteroatoms. The second-order valence-electron chi connectivity index (χ2n) is 8.72. The van der Waals surface area contributed by atoms with E-state index in [4.69, 9.17) is 40.1 Å². The van der Waals surface area contributed by atoms with Crippen molar-refractivity contribution >= 4 is 52.2 Å². The van der Waals surface area contributed by atoms with Crippen molar-refractivity contribution in [3.8, 4) is 0 Å². The molecular formula is C26H21Cl2F6N5O2. The smallest absolute Gasteiger partial charge is 0.398 e. The van der Waals surface area contributed by atoms with Crippen LogP contribution in [0.2, 0.25) is 10.0 Å². The fraction of sp³-hybridized carbons (Fsp3) is 0.192. The van der Waals surface area contributed by atoms with Gasteiger partial charge in [-0.2, -0.15) is 26.3 Å². The number of alkyl halides is 6. The van der Waals surface area contributed by atoms with Gasteiger partial charge in [-0.25, -0.2) is 0 Å². The molecule has 0 spiro atoms. The third-order valence-corrected chi connectivity index (χ3v) is 6.54. The number of halogens is 8. The molecule has 2 amide bonds. The molecule has 0 radical (unpaired) electrons. The number of rotatable bonds is 7. The van der Waals surface area contributed by atoms with Crippen molar-refractivity contribution in [3.63, 3.8) is 0 Å². The minimum Gasteiger partial charge on any atom is -0.398 e. The van der Waals surface area contributed by atoms with Crippen LogP contribution >= 0.6 is 23.2 Å². The Kier molecular flexibility index (Phi) is 9.57. The summed E-state index contributed by atoms with van der Waals surface area (Å²) in [6, 6.07) is 8.87. The van der Waals surface area contributed by atoms with Gasteiger partial charge in [-0.3, -0.25) is 15.0 Å². The molecule has 0 heterocycles. The Morgan fingerprint density at radius 1 is 0.878 bits per heavy atom. The van der Waals surface area contributed by atoms with Crippen molar-refractivity contribution in [1.82, 2.24) is 5.32 Å². The minimum absolute atomic E-state index is 0.0729. The lowest BCUT2D eigenvalue weighted by Gasteiger charge is -2.18. The van der Waals surface area contributed by atoms with E-state index in [1.807, 2.05) is 5.32 Å². The number of anilines is 2. The number of hydrogen-bond acceptors (Lipinski definition) is 5. The Balaban J connectivity index is 1.85. The number of nitrogens with two attached hydrogens (primary N) is 2. The fourth-order valence-electron chi connectivity index (χ4n) is 3.76. The Morgan fingerprint density at radius 3 is 2.02 bits per heavy atom. The lowest BCUT2D eigenvalue weighted by molar-refractivity contribution is -0.143. The molecule has 1 atom stereocenters. The Morgan fingerprint density at radius 2 is 1.49 bits per heavy atom. The van der Waals surface area contributed by atoms with E-state index in [1.54, 1.807) is 6.07 Å². The Bertz CT molecular complexity index is 1460. The first-order chi connectivity index (χ1) is 19.0. The van der Waals surface area contributed by atoms with E-state index in [0.717, 1.165) is 0 Å². The summed E-state index contributed by atoms with van der Waals surface area (Å²) < 4.78 is 79.0. The van der Waals surface area contributed by atoms with Crippen molar-refractivity contribution < 1.29 is 35.9 Å². The number of carbonyl (C=O) groups excluding carboxylic acids is 2. The summed E-state index contributed by atoms with van der Waals surface area (Å²) in [6.07, 6.45) is -10.1. The van der Waals surface area contributed by atoms with Gasteiger partial charge in [0.05, 0.1) is 27.1 Å². The lowest BCUT2D eigenvalue weighted by atomic mass is 9.94. The highest BCUT2D eigenvalue weighted by Gasteiger charge is 2.37. The zero-order chi connectivity index (χ0) is 30.7. The second-order valence-corrected chi connectivity index (χ2v) is 9.53.